The summed E-state index contributed by atoms with van der Waals surface area (Å²) >= 11 is 0. The third kappa shape index (κ3) is 3.68. The van der Waals surface area contributed by atoms with Crippen LogP contribution < -0.4 is 5.32 Å². The fraction of sp³-hybridized carbons (Fsp3) is 0.333. The van der Waals surface area contributed by atoms with Crippen molar-refractivity contribution in [2.75, 3.05) is 5.32 Å². The minimum absolute atomic E-state index is 0.00303. The first-order chi connectivity index (χ1) is 8.83. The average Bonchev–Trinajstić information content (AvgIpc) is 2.63. The summed E-state index contributed by atoms with van der Waals surface area (Å²) in [6.45, 7) is 5.47. The van der Waals surface area contributed by atoms with E-state index in [9.17, 15) is 9.59 Å². The van der Waals surface area contributed by atoms with Gasteiger partial charge in [0.1, 0.15) is 5.60 Å². The number of carbonyl (C=O) groups is 2. The molecular formula is C15H17NO3. The van der Waals surface area contributed by atoms with Crippen LogP contribution in [-0.2, 0) is 20.7 Å². The number of esters is 1. The van der Waals surface area contributed by atoms with Crippen molar-refractivity contribution in [3.05, 3.63) is 35.4 Å². The van der Waals surface area contributed by atoms with Crippen molar-refractivity contribution in [3.63, 3.8) is 0 Å². The summed E-state index contributed by atoms with van der Waals surface area (Å²) in [4.78, 5) is 22.8. The smallest absolute Gasteiger partial charge is 0.331 e. The Morgan fingerprint density at radius 2 is 2.11 bits per heavy atom. The van der Waals surface area contributed by atoms with Gasteiger partial charge in [0, 0.05) is 11.8 Å². The van der Waals surface area contributed by atoms with E-state index in [-0.39, 0.29) is 11.9 Å². The molecule has 0 atom stereocenters. The van der Waals surface area contributed by atoms with Gasteiger partial charge in [-0.15, -0.1) is 0 Å². The molecule has 1 aliphatic rings. The first kappa shape index (κ1) is 13.3. The monoisotopic (exact) mass is 259 g/mol. The molecule has 100 valence electrons. The molecule has 0 bridgehead atoms. The first-order valence-corrected chi connectivity index (χ1v) is 6.17. The quantitative estimate of drug-likeness (QED) is 0.656. The number of anilines is 1. The third-order valence-electron chi connectivity index (χ3n) is 2.57. The Hall–Kier alpha value is -2.10. The van der Waals surface area contributed by atoms with Crippen molar-refractivity contribution in [1.29, 1.82) is 0 Å². The number of amides is 1. The summed E-state index contributed by atoms with van der Waals surface area (Å²) in [6, 6.07) is 5.59. The lowest BCUT2D eigenvalue weighted by atomic mass is 10.1. The van der Waals surface area contributed by atoms with E-state index < -0.39 is 5.60 Å². The van der Waals surface area contributed by atoms with Gasteiger partial charge in [-0.2, -0.15) is 0 Å². The molecule has 1 N–H and O–H groups in total. The van der Waals surface area contributed by atoms with Crippen molar-refractivity contribution < 1.29 is 14.3 Å². The largest absolute Gasteiger partial charge is 0.457 e. The second kappa shape index (κ2) is 4.88. The van der Waals surface area contributed by atoms with Crippen LogP contribution in [0.25, 0.3) is 6.08 Å². The number of hydrogen-bond acceptors (Lipinski definition) is 3. The lowest BCUT2D eigenvalue weighted by Crippen LogP contribution is -2.22. The predicted octanol–water partition coefficient (Wildman–Crippen LogP) is 2.54. The molecule has 0 fully saturated rings. The van der Waals surface area contributed by atoms with Gasteiger partial charge in [0.05, 0.1) is 6.42 Å². The van der Waals surface area contributed by atoms with E-state index in [2.05, 4.69) is 5.32 Å². The Bertz CT molecular complexity index is 553. The summed E-state index contributed by atoms with van der Waals surface area (Å²) in [5, 5.41) is 2.77. The molecule has 0 aliphatic carbocycles. The number of rotatable bonds is 2. The fourth-order valence-corrected chi connectivity index (χ4v) is 1.85. The normalized spacial score (nSPS) is 14.4. The number of benzene rings is 1. The fourth-order valence-electron chi connectivity index (χ4n) is 1.85. The summed E-state index contributed by atoms with van der Waals surface area (Å²) in [5.74, 6) is -0.370. The van der Waals surface area contributed by atoms with Crippen LogP contribution in [0.1, 0.15) is 31.9 Å². The molecule has 0 spiro atoms. The zero-order valence-electron chi connectivity index (χ0n) is 11.3. The molecule has 0 unspecified atom stereocenters. The van der Waals surface area contributed by atoms with E-state index >= 15 is 0 Å². The van der Waals surface area contributed by atoms with E-state index in [0.29, 0.717) is 6.42 Å². The Morgan fingerprint density at radius 3 is 2.79 bits per heavy atom. The number of nitrogens with one attached hydrogen (secondary N) is 1. The molecule has 1 amide bonds. The van der Waals surface area contributed by atoms with Gasteiger partial charge >= 0.3 is 5.97 Å². The van der Waals surface area contributed by atoms with Crippen LogP contribution in [0.2, 0.25) is 0 Å². The number of carbonyl (C=O) groups excluding carboxylic acids is 2. The van der Waals surface area contributed by atoms with Gasteiger partial charge < -0.3 is 10.1 Å². The zero-order valence-corrected chi connectivity index (χ0v) is 11.3. The molecule has 0 saturated heterocycles. The summed E-state index contributed by atoms with van der Waals surface area (Å²) in [7, 11) is 0. The molecule has 0 radical (unpaired) electrons. The van der Waals surface area contributed by atoms with Crippen LogP contribution in [-0.4, -0.2) is 17.5 Å². The van der Waals surface area contributed by atoms with Crippen LogP contribution in [0.5, 0.6) is 0 Å². The van der Waals surface area contributed by atoms with Gasteiger partial charge in [-0.05, 0) is 50.1 Å². The molecular weight excluding hydrogens is 242 g/mol. The highest BCUT2D eigenvalue weighted by molar-refractivity contribution is 5.99. The highest BCUT2D eigenvalue weighted by atomic mass is 16.6. The SMILES string of the molecule is CC(C)(C)OC(=O)C=Cc1ccc2c(c1)CC(=O)N2. The van der Waals surface area contributed by atoms with Crippen molar-refractivity contribution in [2.24, 2.45) is 0 Å². The minimum atomic E-state index is -0.490. The topological polar surface area (TPSA) is 55.4 Å². The Kier molecular flexibility index (Phi) is 3.42. The molecule has 1 aromatic carbocycles. The van der Waals surface area contributed by atoms with Gasteiger partial charge in [0.15, 0.2) is 0 Å². The molecule has 1 aliphatic heterocycles. The highest BCUT2D eigenvalue weighted by Crippen LogP contribution is 2.24. The first-order valence-electron chi connectivity index (χ1n) is 6.17. The van der Waals surface area contributed by atoms with Crippen molar-refractivity contribution in [2.45, 2.75) is 32.8 Å². The van der Waals surface area contributed by atoms with E-state index in [4.69, 9.17) is 4.74 Å². The maximum absolute atomic E-state index is 11.5. The van der Waals surface area contributed by atoms with Crippen LogP contribution in [0.4, 0.5) is 5.69 Å². The number of ether oxygens (including phenoxy) is 1. The lowest BCUT2D eigenvalue weighted by Gasteiger charge is -2.17. The third-order valence-corrected chi connectivity index (χ3v) is 2.57. The molecule has 19 heavy (non-hydrogen) atoms. The van der Waals surface area contributed by atoms with Crippen LogP contribution in [0, 0.1) is 0 Å². The molecule has 2 rings (SSSR count). The summed E-state index contributed by atoms with van der Waals surface area (Å²) in [6.07, 6.45) is 3.48. The predicted molar refractivity (Wildman–Crippen MR) is 73.7 cm³/mol. The molecule has 4 heteroatoms. The van der Waals surface area contributed by atoms with Crippen LogP contribution in [0.15, 0.2) is 24.3 Å². The van der Waals surface area contributed by atoms with E-state index in [0.717, 1.165) is 16.8 Å². The lowest BCUT2D eigenvalue weighted by molar-refractivity contribution is -0.148. The number of hydrogen-bond donors (Lipinski definition) is 1. The Balaban J connectivity index is 2.06. The van der Waals surface area contributed by atoms with E-state index in [1.807, 2.05) is 39.0 Å². The minimum Gasteiger partial charge on any atom is -0.457 e. The maximum atomic E-state index is 11.5. The van der Waals surface area contributed by atoms with E-state index in [1.54, 1.807) is 6.08 Å². The molecule has 1 aromatic rings. The molecule has 1 heterocycles. The Morgan fingerprint density at radius 1 is 1.37 bits per heavy atom. The Labute approximate surface area is 112 Å². The van der Waals surface area contributed by atoms with Gasteiger partial charge in [-0.25, -0.2) is 4.79 Å². The molecule has 0 saturated carbocycles. The highest BCUT2D eigenvalue weighted by Gasteiger charge is 2.17. The van der Waals surface area contributed by atoms with Crippen molar-refractivity contribution in [1.82, 2.24) is 0 Å². The summed E-state index contributed by atoms with van der Waals surface area (Å²) < 4.78 is 5.18. The average molecular weight is 259 g/mol. The zero-order chi connectivity index (χ0) is 14.0. The maximum Gasteiger partial charge on any atom is 0.331 e. The van der Waals surface area contributed by atoms with Crippen LogP contribution >= 0.6 is 0 Å². The summed E-state index contributed by atoms with van der Waals surface area (Å²) in [5.41, 5.74) is 2.19. The van der Waals surface area contributed by atoms with E-state index in [1.165, 1.54) is 6.08 Å². The molecule has 0 aromatic heterocycles. The van der Waals surface area contributed by atoms with Gasteiger partial charge in [-0.3, -0.25) is 4.79 Å². The van der Waals surface area contributed by atoms with Crippen molar-refractivity contribution in [3.8, 4) is 0 Å². The van der Waals surface area contributed by atoms with Crippen molar-refractivity contribution >= 4 is 23.6 Å². The van der Waals surface area contributed by atoms with Gasteiger partial charge in [-0.1, -0.05) is 6.07 Å². The number of fused-ring (bicyclic) bond motifs is 1. The standard InChI is InChI=1S/C15H17NO3/c1-15(2,3)19-14(18)7-5-10-4-6-12-11(8-10)9-13(17)16-12/h4-8H,9H2,1-3H3,(H,16,17). The second-order valence-corrected chi connectivity index (χ2v) is 5.51. The van der Waals surface area contributed by atoms with Gasteiger partial charge in [0.2, 0.25) is 5.91 Å². The second-order valence-electron chi connectivity index (χ2n) is 5.51. The van der Waals surface area contributed by atoms with Crippen LogP contribution in [0.3, 0.4) is 0 Å². The molecule has 4 nitrogen and oxygen atoms in total. The van der Waals surface area contributed by atoms with Gasteiger partial charge in [0.25, 0.3) is 0 Å².